The number of hydrogen-bond acceptors (Lipinski definition) is 2. The molecule has 0 amide bonds. The van der Waals surface area contributed by atoms with Gasteiger partial charge in [-0.15, -0.1) is 0 Å². The average molecular weight is 485 g/mol. The number of hydrogen-bond donors (Lipinski definition) is 0. The molecule has 0 bridgehead atoms. The van der Waals surface area contributed by atoms with Gasteiger partial charge in [-0.25, -0.2) is 0 Å². The summed E-state index contributed by atoms with van der Waals surface area (Å²) < 4.78 is 0. The molecule has 5 aromatic carbocycles. The van der Waals surface area contributed by atoms with Crippen molar-refractivity contribution in [2.45, 2.75) is 0 Å². The van der Waals surface area contributed by atoms with Crippen LogP contribution in [0.4, 0.5) is 0 Å². The molecule has 0 saturated carbocycles. The van der Waals surface area contributed by atoms with E-state index in [4.69, 9.17) is 9.97 Å². The fourth-order valence-electron chi connectivity index (χ4n) is 5.43. The summed E-state index contributed by atoms with van der Waals surface area (Å²) >= 11 is 0. The van der Waals surface area contributed by atoms with Gasteiger partial charge < -0.3 is 0 Å². The van der Waals surface area contributed by atoms with E-state index in [9.17, 15) is 0 Å². The van der Waals surface area contributed by atoms with Crippen LogP contribution in [0.3, 0.4) is 0 Å². The maximum Gasteiger partial charge on any atom is 0.0971 e. The SMILES string of the molecule is c1ccc(-c2cnc3c(ccc4c(-c5ccccc5)c(-c5ccccc5)cnc43)c2-c2ccccc2)cc1. The zero-order valence-electron chi connectivity index (χ0n) is 20.8. The van der Waals surface area contributed by atoms with E-state index >= 15 is 0 Å². The molecular formula is C36H24N2. The Morgan fingerprint density at radius 3 is 0.974 bits per heavy atom. The van der Waals surface area contributed by atoms with Crippen molar-refractivity contribution in [1.82, 2.24) is 9.97 Å². The van der Waals surface area contributed by atoms with Gasteiger partial charge in [0.1, 0.15) is 0 Å². The van der Waals surface area contributed by atoms with Crippen LogP contribution in [0.25, 0.3) is 66.3 Å². The lowest BCUT2D eigenvalue weighted by atomic mass is 9.89. The Labute approximate surface area is 221 Å². The Balaban J connectivity index is 1.58. The minimum absolute atomic E-state index is 0.915. The van der Waals surface area contributed by atoms with Gasteiger partial charge in [-0.05, 0) is 22.3 Å². The molecule has 0 spiro atoms. The number of fused-ring (bicyclic) bond motifs is 3. The molecular weight excluding hydrogens is 460 g/mol. The summed E-state index contributed by atoms with van der Waals surface area (Å²) in [7, 11) is 0. The van der Waals surface area contributed by atoms with Crippen LogP contribution >= 0.6 is 0 Å². The zero-order chi connectivity index (χ0) is 25.3. The van der Waals surface area contributed by atoms with Crippen LogP contribution in [-0.4, -0.2) is 9.97 Å². The summed E-state index contributed by atoms with van der Waals surface area (Å²) in [4.78, 5) is 10.1. The highest BCUT2D eigenvalue weighted by molar-refractivity contribution is 6.15. The lowest BCUT2D eigenvalue weighted by molar-refractivity contribution is 1.37. The van der Waals surface area contributed by atoms with Crippen molar-refractivity contribution in [2.24, 2.45) is 0 Å². The van der Waals surface area contributed by atoms with Crippen LogP contribution in [-0.2, 0) is 0 Å². The van der Waals surface area contributed by atoms with Crippen LogP contribution in [0, 0.1) is 0 Å². The normalized spacial score (nSPS) is 11.2. The molecule has 2 aromatic heterocycles. The first-order chi connectivity index (χ1) is 18.9. The second-order valence-corrected chi connectivity index (χ2v) is 9.42. The van der Waals surface area contributed by atoms with Gasteiger partial charge in [0, 0.05) is 45.4 Å². The molecule has 2 heterocycles. The Hall–Kier alpha value is -5.08. The molecule has 0 saturated heterocycles. The summed E-state index contributed by atoms with van der Waals surface area (Å²) in [5, 5.41) is 2.20. The van der Waals surface area contributed by atoms with Gasteiger partial charge in [0.15, 0.2) is 0 Å². The third kappa shape index (κ3) is 3.75. The first-order valence-corrected chi connectivity index (χ1v) is 12.8. The molecule has 38 heavy (non-hydrogen) atoms. The lowest BCUT2D eigenvalue weighted by Crippen LogP contribution is -1.95. The van der Waals surface area contributed by atoms with Crippen molar-refractivity contribution in [3.8, 4) is 44.5 Å². The van der Waals surface area contributed by atoms with Crippen molar-refractivity contribution in [1.29, 1.82) is 0 Å². The summed E-state index contributed by atoms with van der Waals surface area (Å²) in [5.41, 5.74) is 11.1. The number of nitrogens with zero attached hydrogens (tertiary/aromatic N) is 2. The minimum atomic E-state index is 0.915. The second-order valence-electron chi connectivity index (χ2n) is 9.42. The van der Waals surface area contributed by atoms with Crippen molar-refractivity contribution in [2.75, 3.05) is 0 Å². The van der Waals surface area contributed by atoms with E-state index in [0.29, 0.717) is 0 Å². The van der Waals surface area contributed by atoms with Crippen LogP contribution in [0.5, 0.6) is 0 Å². The van der Waals surface area contributed by atoms with E-state index in [0.717, 1.165) is 44.1 Å². The summed E-state index contributed by atoms with van der Waals surface area (Å²) in [6, 6.07) is 46.6. The molecule has 7 aromatic rings. The smallest absolute Gasteiger partial charge is 0.0971 e. The largest absolute Gasteiger partial charge is 0.253 e. The van der Waals surface area contributed by atoms with Crippen LogP contribution in [0.2, 0.25) is 0 Å². The second kappa shape index (κ2) is 9.42. The van der Waals surface area contributed by atoms with Gasteiger partial charge in [-0.1, -0.05) is 133 Å². The Morgan fingerprint density at radius 2 is 0.632 bits per heavy atom. The third-order valence-electron chi connectivity index (χ3n) is 7.17. The molecule has 0 aliphatic heterocycles. The fourth-order valence-corrected chi connectivity index (χ4v) is 5.43. The molecule has 2 heteroatoms. The van der Waals surface area contributed by atoms with Crippen molar-refractivity contribution < 1.29 is 0 Å². The Bertz CT molecular complexity index is 1740. The number of rotatable bonds is 4. The highest BCUT2D eigenvalue weighted by Crippen LogP contribution is 2.42. The van der Waals surface area contributed by atoms with Crippen LogP contribution < -0.4 is 0 Å². The van der Waals surface area contributed by atoms with Gasteiger partial charge in [0.2, 0.25) is 0 Å². The molecule has 0 fully saturated rings. The van der Waals surface area contributed by atoms with E-state index in [1.165, 1.54) is 22.3 Å². The molecule has 0 unspecified atom stereocenters. The predicted octanol–water partition coefficient (Wildman–Crippen LogP) is 9.45. The highest BCUT2D eigenvalue weighted by atomic mass is 14.7. The van der Waals surface area contributed by atoms with E-state index in [-0.39, 0.29) is 0 Å². The van der Waals surface area contributed by atoms with Gasteiger partial charge in [0.05, 0.1) is 11.0 Å². The minimum Gasteiger partial charge on any atom is -0.253 e. The van der Waals surface area contributed by atoms with E-state index in [2.05, 4.69) is 121 Å². The van der Waals surface area contributed by atoms with E-state index in [1.54, 1.807) is 0 Å². The maximum absolute atomic E-state index is 5.05. The predicted molar refractivity (Wildman–Crippen MR) is 159 cm³/mol. The van der Waals surface area contributed by atoms with Gasteiger partial charge in [-0.3, -0.25) is 9.97 Å². The van der Waals surface area contributed by atoms with Gasteiger partial charge in [0.25, 0.3) is 0 Å². The number of pyridine rings is 2. The summed E-state index contributed by atoms with van der Waals surface area (Å²) in [5.74, 6) is 0. The molecule has 0 aliphatic rings. The van der Waals surface area contributed by atoms with Crippen molar-refractivity contribution in [3.05, 3.63) is 146 Å². The first-order valence-electron chi connectivity index (χ1n) is 12.8. The summed E-state index contributed by atoms with van der Waals surface area (Å²) in [6.45, 7) is 0. The Kier molecular flexibility index (Phi) is 5.49. The standard InChI is InChI=1S/C36H24N2/c1-5-13-25(14-6-1)31-23-37-35-29(33(31)27-17-9-3-10-18-27)21-22-30-34(28-19-11-4-12-20-28)32(24-38-36(30)35)26-15-7-2-8-16-26/h1-24H. The van der Waals surface area contributed by atoms with Crippen LogP contribution in [0.1, 0.15) is 0 Å². The van der Waals surface area contributed by atoms with Gasteiger partial charge in [-0.2, -0.15) is 0 Å². The lowest BCUT2D eigenvalue weighted by Gasteiger charge is -2.17. The topological polar surface area (TPSA) is 25.8 Å². The molecule has 2 nitrogen and oxygen atoms in total. The number of benzene rings is 5. The monoisotopic (exact) mass is 484 g/mol. The van der Waals surface area contributed by atoms with E-state index in [1.807, 2.05) is 24.5 Å². The molecule has 0 radical (unpaired) electrons. The fraction of sp³-hybridized carbons (Fsp3) is 0. The third-order valence-corrected chi connectivity index (χ3v) is 7.17. The Morgan fingerprint density at radius 1 is 0.316 bits per heavy atom. The van der Waals surface area contributed by atoms with E-state index < -0.39 is 0 Å². The van der Waals surface area contributed by atoms with Gasteiger partial charge >= 0.3 is 0 Å². The summed E-state index contributed by atoms with van der Waals surface area (Å²) in [6.07, 6.45) is 4.02. The zero-order valence-corrected chi connectivity index (χ0v) is 20.8. The average Bonchev–Trinajstić information content (AvgIpc) is 3.01. The quantitative estimate of drug-likeness (QED) is 0.233. The highest BCUT2D eigenvalue weighted by Gasteiger charge is 2.18. The molecule has 0 aliphatic carbocycles. The molecule has 0 atom stereocenters. The van der Waals surface area contributed by atoms with Crippen molar-refractivity contribution in [3.63, 3.8) is 0 Å². The molecule has 7 rings (SSSR count). The molecule has 178 valence electrons. The molecule has 0 N–H and O–H groups in total. The first kappa shape index (κ1) is 22.1. The van der Waals surface area contributed by atoms with Crippen LogP contribution in [0.15, 0.2) is 146 Å². The maximum atomic E-state index is 5.05. The number of aromatic nitrogens is 2. The van der Waals surface area contributed by atoms with Crippen molar-refractivity contribution >= 4 is 21.8 Å².